The van der Waals surface area contributed by atoms with Gasteiger partial charge in [-0.2, -0.15) is 0 Å². The molecule has 2 N–H and O–H groups in total. The molecule has 2 atom stereocenters. The number of rotatable bonds is 8. The monoisotopic (exact) mass is 548 g/mol. The van der Waals surface area contributed by atoms with Crippen LogP contribution >= 0.6 is 24.0 Å². The van der Waals surface area contributed by atoms with Crippen molar-refractivity contribution in [2.24, 2.45) is 10.9 Å². The zero-order valence-corrected chi connectivity index (χ0v) is 21.4. The Morgan fingerprint density at radius 3 is 2.65 bits per heavy atom. The van der Waals surface area contributed by atoms with Crippen LogP contribution in [0.25, 0.3) is 0 Å². The molecule has 0 aromatic heterocycles. The molecule has 2 unspecified atom stereocenters. The average molecular weight is 548 g/mol. The smallest absolute Gasteiger partial charge is 0.191 e. The molecule has 2 saturated heterocycles. The summed E-state index contributed by atoms with van der Waals surface area (Å²) in [6.07, 6.45) is 1.10. The van der Waals surface area contributed by atoms with Gasteiger partial charge >= 0.3 is 0 Å². The fourth-order valence-electron chi connectivity index (χ4n) is 4.18. The van der Waals surface area contributed by atoms with Crippen molar-refractivity contribution in [1.82, 2.24) is 15.5 Å². The van der Waals surface area contributed by atoms with Crippen molar-refractivity contribution in [3.63, 3.8) is 0 Å². The van der Waals surface area contributed by atoms with Gasteiger partial charge in [-0.1, -0.05) is 26.0 Å². The standard InChI is InChI=1S/C23H37FN4O2.HI/c1-4-25-22(27-17-23(2,3)19-6-5-7-20(24)14-19)26-15-21(18-8-11-30-16-18)28-9-12-29-13-10-28;/h5-7,14,18,21H,4,8-13,15-17H2,1-3H3,(H2,25,26,27);1H. The number of benzene rings is 1. The number of nitrogens with zero attached hydrogens (tertiary/aromatic N) is 2. The quantitative estimate of drug-likeness (QED) is 0.297. The van der Waals surface area contributed by atoms with E-state index in [0.717, 1.165) is 70.6 Å². The normalized spacial score (nSPS) is 21.4. The van der Waals surface area contributed by atoms with E-state index in [0.29, 0.717) is 18.5 Å². The van der Waals surface area contributed by atoms with Crippen LogP contribution in [0.15, 0.2) is 29.3 Å². The van der Waals surface area contributed by atoms with Gasteiger partial charge in [0.15, 0.2) is 5.96 Å². The van der Waals surface area contributed by atoms with Crippen molar-refractivity contribution in [1.29, 1.82) is 0 Å². The Balaban J connectivity index is 0.00000341. The second-order valence-electron chi connectivity index (χ2n) is 8.81. The number of aliphatic imine (C=N–C) groups is 1. The van der Waals surface area contributed by atoms with Gasteiger partial charge in [-0.05, 0) is 31.0 Å². The van der Waals surface area contributed by atoms with Gasteiger partial charge < -0.3 is 20.1 Å². The van der Waals surface area contributed by atoms with Crippen LogP contribution in [0.1, 0.15) is 32.8 Å². The topological polar surface area (TPSA) is 58.1 Å². The van der Waals surface area contributed by atoms with E-state index in [1.165, 1.54) is 6.07 Å². The molecule has 0 radical (unpaired) electrons. The molecule has 0 amide bonds. The molecule has 176 valence electrons. The van der Waals surface area contributed by atoms with E-state index in [4.69, 9.17) is 14.5 Å². The Labute approximate surface area is 203 Å². The first kappa shape index (κ1) is 26.3. The molecule has 2 fully saturated rings. The first-order chi connectivity index (χ1) is 14.5. The van der Waals surface area contributed by atoms with Crippen LogP contribution in [0.2, 0.25) is 0 Å². The van der Waals surface area contributed by atoms with E-state index in [9.17, 15) is 4.39 Å². The van der Waals surface area contributed by atoms with Crippen molar-refractivity contribution in [2.45, 2.75) is 38.6 Å². The molecule has 1 aromatic carbocycles. The Kier molecular flexibility index (Phi) is 10.9. The second-order valence-corrected chi connectivity index (χ2v) is 8.81. The molecule has 0 spiro atoms. The minimum Gasteiger partial charge on any atom is -0.381 e. The molecular formula is C23H38FIN4O2. The van der Waals surface area contributed by atoms with Crippen molar-refractivity contribution < 1.29 is 13.9 Å². The number of halogens is 2. The van der Waals surface area contributed by atoms with E-state index in [1.807, 2.05) is 6.07 Å². The van der Waals surface area contributed by atoms with Crippen molar-refractivity contribution >= 4 is 29.9 Å². The number of hydrogen-bond acceptors (Lipinski definition) is 4. The van der Waals surface area contributed by atoms with Crippen LogP contribution in [0.3, 0.4) is 0 Å². The maximum atomic E-state index is 13.7. The van der Waals surface area contributed by atoms with Gasteiger partial charge in [0.25, 0.3) is 0 Å². The predicted octanol–water partition coefficient (Wildman–Crippen LogP) is 3.01. The molecule has 31 heavy (non-hydrogen) atoms. The number of ether oxygens (including phenoxy) is 2. The summed E-state index contributed by atoms with van der Waals surface area (Å²) in [5.74, 6) is 1.13. The van der Waals surface area contributed by atoms with Gasteiger partial charge in [-0.15, -0.1) is 24.0 Å². The highest BCUT2D eigenvalue weighted by molar-refractivity contribution is 14.0. The third-order valence-corrected chi connectivity index (χ3v) is 6.09. The van der Waals surface area contributed by atoms with Gasteiger partial charge in [-0.25, -0.2) is 4.39 Å². The number of nitrogens with one attached hydrogen (secondary N) is 2. The predicted molar refractivity (Wildman–Crippen MR) is 134 cm³/mol. The number of morpholine rings is 1. The van der Waals surface area contributed by atoms with Crippen LogP contribution in [-0.4, -0.2) is 76.1 Å². The van der Waals surface area contributed by atoms with Crippen LogP contribution in [0, 0.1) is 11.7 Å². The third-order valence-electron chi connectivity index (χ3n) is 6.09. The first-order valence-corrected chi connectivity index (χ1v) is 11.2. The van der Waals surface area contributed by atoms with E-state index in [2.05, 4.69) is 36.3 Å². The zero-order valence-electron chi connectivity index (χ0n) is 19.0. The Hall–Kier alpha value is -0.970. The van der Waals surface area contributed by atoms with Gasteiger partial charge in [-0.3, -0.25) is 9.89 Å². The van der Waals surface area contributed by atoms with Crippen molar-refractivity contribution in [3.05, 3.63) is 35.6 Å². The summed E-state index contributed by atoms with van der Waals surface area (Å²) in [7, 11) is 0. The van der Waals surface area contributed by atoms with Gasteiger partial charge in [0.1, 0.15) is 5.82 Å². The van der Waals surface area contributed by atoms with E-state index in [-0.39, 0.29) is 35.2 Å². The minimum absolute atomic E-state index is 0. The summed E-state index contributed by atoms with van der Waals surface area (Å²) in [4.78, 5) is 7.36. The largest absolute Gasteiger partial charge is 0.381 e. The van der Waals surface area contributed by atoms with E-state index < -0.39 is 0 Å². The molecule has 2 aliphatic heterocycles. The lowest BCUT2D eigenvalue weighted by atomic mass is 9.85. The highest BCUT2D eigenvalue weighted by atomic mass is 127. The lowest BCUT2D eigenvalue weighted by molar-refractivity contribution is 0.00246. The lowest BCUT2D eigenvalue weighted by Gasteiger charge is -2.37. The molecular weight excluding hydrogens is 510 g/mol. The summed E-state index contributed by atoms with van der Waals surface area (Å²) in [6, 6.07) is 7.21. The number of hydrogen-bond donors (Lipinski definition) is 2. The Morgan fingerprint density at radius 2 is 2.00 bits per heavy atom. The number of guanidine groups is 1. The van der Waals surface area contributed by atoms with Crippen LogP contribution in [0.5, 0.6) is 0 Å². The minimum atomic E-state index is -0.257. The summed E-state index contributed by atoms with van der Waals surface area (Å²) >= 11 is 0. The Bertz CT molecular complexity index is 692. The fraction of sp³-hybridized carbons (Fsp3) is 0.696. The average Bonchev–Trinajstić information content (AvgIpc) is 3.27. The lowest BCUT2D eigenvalue weighted by Crippen LogP contribution is -2.53. The highest BCUT2D eigenvalue weighted by Gasteiger charge is 2.31. The SMILES string of the molecule is CCNC(=NCC(C)(C)c1cccc(F)c1)NCC(C1CCOC1)N1CCOCC1.I. The summed E-state index contributed by atoms with van der Waals surface area (Å²) in [5.41, 5.74) is 0.698. The molecule has 2 aliphatic rings. The molecule has 0 aliphatic carbocycles. The molecule has 1 aromatic rings. The summed E-state index contributed by atoms with van der Waals surface area (Å²) in [5, 5.41) is 6.91. The molecule has 6 nitrogen and oxygen atoms in total. The molecule has 2 heterocycles. The van der Waals surface area contributed by atoms with E-state index >= 15 is 0 Å². The third kappa shape index (κ3) is 7.83. The summed E-state index contributed by atoms with van der Waals surface area (Å²) in [6.45, 7) is 13.6. The fourth-order valence-corrected chi connectivity index (χ4v) is 4.18. The van der Waals surface area contributed by atoms with Gasteiger partial charge in [0, 0.05) is 50.2 Å². The molecule has 8 heteroatoms. The summed E-state index contributed by atoms with van der Waals surface area (Å²) < 4.78 is 24.9. The van der Waals surface area contributed by atoms with Crippen molar-refractivity contribution in [2.75, 3.05) is 59.2 Å². The van der Waals surface area contributed by atoms with Crippen molar-refractivity contribution in [3.8, 4) is 0 Å². The van der Waals surface area contributed by atoms with Crippen LogP contribution < -0.4 is 10.6 Å². The first-order valence-electron chi connectivity index (χ1n) is 11.2. The van der Waals surface area contributed by atoms with Crippen LogP contribution in [-0.2, 0) is 14.9 Å². The Morgan fingerprint density at radius 1 is 1.23 bits per heavy atom. The van der Waals surface area contributed by atoms with E-state index in [1.54, 1.807) is 12.1 Å². The molecule has 3 rings (SSSR count). The zero-order chi connectivity index (χ0) is 21.4. The van der Waals surface area contributed by atoms with Gasteiger partial charge in [0.05, 0.1) is 26.4 Å². The van der Waals surface area contributed by atoms with Gasteiger partial charge in [0.2, 0.25) is 0 Å². The molecule has 0 saturated carbocycles. The maximum Gasteiger partial charge on any atom is 0.191 e. The second kappa shape index (κ2) is 12.9. The maximum absolute atomic E-state index is 13.7. The molecule has 0 bridgehead atoms. The highest BCUT2D eigenvalue weighted by Crippen LogP contribution is 2.24. The van der Waals surface area contributed by atoms with Crippen LogP contribution in [0.4, 0.5) is 4.39 Å².